The van der Waals surface area contributed by atoms with Gasteiger partial charge in [-0.3, -0.25) is 4.79 Å². The van der Waals surface area contributed by atoms with Crippen molar-refractivity contribution in [3.05, 3.63) is 69.4 Å². The second kappa shape index (κ2) is 9.02. The summed E-state index contributed by atoms with van der Waals surface area (Å²) in [7, 11) is 0. The predicted molar refractivity (Wildman–Crippen MR) is 135 cm³/mol. The molecule has 0 aliphatic heterocycles. The van der Waals surface area contributed by atoms with Crippen LogP contribution in [-0.4, -0.2) is 21.5 Å². The number of halogens is 5. The summed E-state index contributed by atoms with van der Waals surface area (Å²) < 4.78 is 43.2. The molecule has 5 nitrogen and oxygen atoms in total. The van der Waals surface area contributed by atoms with Crippen molar-refractivity contribution in [1.29, 1.82) is 0 Å². The highest BCUT2D eigenvalue weighted by Gasteiger charge is 2.34. The summed E-state index contributed by atoms with van der Waals surface area (Å²) in [5.74, 6) is -0.490. The van der Waals surface area contributed by atoms with Crippen molar-refractivity contribution >= 4 is 60.9 Å². The number of benzene rings is 2. The summed E-state index contributed by atoms with van der Waals surface area (Å²) in [6.07, 6.45) is 0.509. The highest BCUT2D eigenvalue weighted by molar-refractivity contribution is 9.10. The number of rotatable bonds is 4. The van der Waals surface area contributed by atoms with E-state index in [1.165, 1.54) is 12.1 Å². The van der Waals surface area contributed by atoms with Crippen molar-refractivity contribution in [2.75, 3.05) is 5.32 Å². The second-order valence-corrected chi connectivity index (χ2v) is 10.2. The molecule has 2 aromatic carbocycles. The number of alkyl halides is 3. The van der Waals surface area contributed by atoms with E-state index in [1.807, 2.05) is 18.3 Å². The zero-order valence-electron chi connectivity index (χ0n) is 18.4. The first kappa shape index (κ1) is 23.9. The summed E-state index contributed by atoms with van der Waals surface area (Å²) in [6.45, 7) is 0. The number of carbonyl (C=O) groups is 1. The highest BCUT2D eigenvalue weighted by atomic mass is 79.9. The number of pyridine rings is 1. The van der Waals surface area contributed by atoms with Crippen LogP contribution in [0.3, 0.4) is 0 Å². The van der Waals surface area contributed by atoms with Gasteiger partial charge in [0.05, 0.1) is 16.6 Å². The number of hydrogen-bond acceptors (Lipinski definition) is 3. The molecule has 10 heteroatoms. The molecule has 0 unspecified atom stereocenters. The maximum atomic E-state index is 13.4. The molecule has 1 fully saturated rings. The third-order valence-electron chi connectivity index (χ3n) is 6.55. The maximum Gasteiger partial charge on any atom is 0.433 e. The molecule has 1 saturated carbocycles. The van der Waals surface area contributed by atoms with Gasteiger partial charge in [0.25, 0.3) is 5.91 Å². The van der Waals surface area contributed by atoms with Crippen molar-refractivity contribution < 1.29 is 18.0 Å². The van der Waals surface area contributed by atoms with Gasteiger partial charge in [0.2, 0.25) is 0 Å². The van der Waals surface area contributed by atoms with Crippen LogP contribution in [0.2, 0.25) is 5.02 Å². The Hall–Kier alpha value is -2.78. The third kappa shape index (κ3) is 4.71. The summed E-state index contributed by atoms with van der Waals surface area (Å²) in [5, 5.41) is 5.23. The van der Waals surface area contributed by atoms with Crippen LogP contribution in [0.25, 0.3) is 21.8 Å². The first-order valence-electron chi connectivity index (χ1n) is 11.1. The lowest BCUT2D eigenvalue weighted by Crippen LogP contribution is -2.28. The van der Waals surface area contributed by atoms with Crippen LogP contribution in [0, 0.1) is 0 Å². The van der Waals surface area contributed by atoms with Gasteiger partial charge in [-0.05, 0) is 68.1 Å². The molecule has 0 bridgehead atoms. The molecule has 2 heterocycles. The molecule has 1 aliphatic carbocycles. The summed E-state index contributed by atoms with van der Waals surface area (Å²) in [4.78, 5) is 15.8. The van der Waals surface area contributed by atoms with Crippen LogP contribution in [-0.2, 0) is 6.18 Å². The summed E-state index contributed by atoms with van der Waals surface area (Å²) in [5.41, 5.74) is 6.58. The molecule has 35 heavy (non-hydrogen) atoms. The number of primary amides is 1. The fourth-order valence-corrected chi connectivity index (χ4v) is 5.59. The highest BCUT2D eigenvalue weighted by Crippen LogP contribution is 2.38. The Kier molecular flexibility index (Phi) is 6.17. The molecule has 3 N–H and O–H groups in total. The van der Waals surface area contributed by atoms with Gasteiger partial charge in [-0.2, -0.15) is 13.2 Å². The van der Waals surface area contributed by atoms with Crippen LogP contribution in [0.5, 0.6) is 0 Å². The SMILES string of the molecule is NC(=O)c1cc(Br)cc2ccn(C3CCC(Nc4cc(C(F)(F)F)nc5ccc(Cl)cc45)CC3)c12. The van der Waals surface area contributed by atoms with Crippen molar-refractivity contribution in [3.8, 4) is 0 Å². The number of nitrogens with two attached hydrogens (primary N) is 1. The summed E-state index contributed by atoms with van der Waals surface area (Å²) in [6, 6.07) is 11.5. The molecule has 0 spiro atoms. The van der Waals surface area contributed by atoms with Gasteiger partial charge in [0.15, 0.2) is 0 Å². The molecule has 4 aromatic rings. The van der Waals surface area contributed by atoms with E-state index >= 15 is 0 Å². The average molecular weight is 566 g/mol. The maximum absolute atomic E-state index is 13.4. The van der Waals surface area contributed by atoms with Gasteiger partial charge < -0.3 is 15.6 Å². The van der Waals surface area contributed by atoms with E-state index in [0.717, 1.165) is 47.1 Å². The summed E-state index contributed by atoms with van der Waals surface area (Å²) >= 11 is 9.54. The zero-order chi connectivity index (χ0) is 24.9. The van der Waals surface area contributed by atoms with E-state index in [-0.39, 0.29) is 17.6 Å². The number of nitrogens with one attached hydrogen (secondary N) is 1. The molecule has 0 atom stereocenters. The largest absolute Gasteiger partial charge is 0.433 e. The minimum absolute atomic E-state index is 0.0107. The van der Waals surface area contributed by atoms with Gasteiger partial charge in [0.1, 0.15) is 5.69 Å². The Morgan fingerprint density at radius 3 is 2.54 bits per heavy atom. The quantitative estimate of drug-likeness (QED) is 0.272. The van der Waals surface area contributed by atoms with E-state index < -0.39 is 17.8 Å². The van der Waals surface area contributed by atoms with Crippen LogP contribution in [0.1, 0.15) is 47.8 Å². The van der Waals surface area contributed by atoms with Crippen molar-refractivity contribution in [2.24, 2.45) is 5.73 Å². The predicted octanol–water partition coefficient (Wildman–Crippen LogP) is 7.32. The van der Waals surface area contributed by atoms with Crippen molar-refractivity contribution in [3.63, 3.8) is 0 Å². The Labute approximate surface area is 212 Å². The average Bonchev–Trinajstić information content (AvgIpc) is 3.22. The number of aromatic nitrogens is 2. The number of amides is 1. The van der Waals surface area contributed by atoms with Crippen molar-refractivity contribution in [1.82, 2.24) is 9.55 Å². The smallest absolute Gasteiger partial charge is 0.382 e. The van der Waals surface area contributed by atoms with Gasteiger partial charge in [0, 0.05) is 44.2 Å². The standard InChI is InChI=1S/C25H21BrClF3N4O/c26-14-9-13-7-8-34(23(13)19(10-14)24(31)35)17-4-2-16(3-5-17)32-21-12-22(25(28,29)30)33-20-6-1-15(27)11-18(20)21/h1,6-12,16-17H,2-5H2,(H2,31,35)(H,32,33). The van der Waals surface area contributed by atoms with E-state index in [0.29, 0.717) is 21.7 Å². The van der Waals surface area contributed by atoms with Gasteiger partial charge in [-0.15, -0.1) is 0 Å². The van der Waals surface area contributed by atoms with E-state index in [4.69, 9.17) is 17.3 Å². The van der Waals surface area contributed by atoms with Gasteiger partial charge in [-0.25, -0.2) is 4.98 Å². The molecule has 182 valence electrons. The molecular formula is C25H21BrClF3N4O. The minimum Gasteiger partial charge on any atom is -0.382 e. The molecule has 0 radical (unpaired) electrons. The lowest BCUT2D eigenvalue weighted by Gasteiger charge is -2.32. The van der Waals surface area contributed by atoms with Crippen LogP contribution in [0.15, 0.2) is 53.1 Å². The molecule has 1 aliphatic rings. The topological polar surface area (TPSA) is 72.9 Å². The third-order valence-corrected chi connectivity index (χ3v) is 7.25. The van der Waals surface area contributed by atoms with Crippen LogP contribution >= 0.6 is 27.5 Å². The fourth-order valence-electron chi connectivity index (χ4n) is 4.94. The van der Waals surface area contributed by atoms with E-state index in [9.17, 15) is 18.0 Å². The lowest BCUT2D eigenvalue weighted by atomic mass is 9.90. The Balaban J connectivity index is 1.40. The van der Waals surface area contributed by atoms with Gasteiger partial charge >= 0.3 is 6.18 Å². The number of hydrogen-bond donors (Lipinski definition) is 2. The molecule has 0 saturated heterocycles. The Morgan fingerprint density at radius 1 is 1.11 bits per heavy atom. The van der Waals surface area contributed by atoms with Crippen LogP contribution < -0.4 is 11.1 Å². The zero-order valence-corrected chi connectivity index (χ0v) is 20.7. The monoisotopic (exact) mass is 564 g/mol. The fraction of sp³-hybridized carbons (Fsp3) is 0.280. The number of nitrogens with zero attached hydrogens (tertiary/aromatic N) is 2. The second-order valence-electron chi connectivity index (χ2n) is 8.84. The molecule has 5 rings (SSSR count). The van der Waals surface area contributed by atoms with E-state index in [1.54, 1.807) is 12.1 Å². The van der Waals surface area contributed by atoms with Crippen LogP contribution in [0.4, 0.5) is 18.9 Å². The first-order valence-corrected chi connectivity index (χ1v) is 12.3. The minimum atomic E-state index is -4.55. The van der Waals surface area contributed by atoms with Crippen molar-refractivity contribution in [2.45, 2.75) is 43.9 Å². The van der Waals surface area contributed by atoms with Gasteiger partial charge in [-0.1, -0.05) is 27.5 Å². The molecule has 1 amide bonds. The Bertz CT molecular complexity index is 1440. The number of fused-ring (bicyclic) bond motifs is 2. The number of anilines is 1. The Morgan fingerprint density at radius 2 is 1.86 bits per heavy atom. The normalized spacial score (nSPS) is 18.8. The lowest BCUT2D eigenvalue weighted by molar-refractivity contribution is -0.140. The molecule has 2 aromatic heterocycles. The number of carbonyl (C=O) groups excluding carboxylic acids is 1. The van der Waals surface area contributed by atoms with E-state index in [2.05, 4.69) is 30.8 Å². The molecular weight excluding hydrogens is 545 g/mol. The first-order chi connectivity index (χ1) is 16.6.